The molecule has 0 amide bonds. The molecule has 2 atom stereocenters. The summed E-state index contributed by atoms with van der Waals surface area (Å²) < 4.78 is 20.1. The first-order valence-electron chi connectivity index (χ1n) is 10.0. The molecule has 1 aromatic carbocycles. The summed E-state index contributed by atoms with van der Waals surface area (Å²) in [7, 11) is 0. The normalized spacial score (nSPS) is 23.6. The Morgan fingerprint density at radius 1 is 1.04 bits per heavy atom. The van der Waals surface area contributed by atoms with Crippen LogP contribution in [0.4, 0.5) is 4.39 Å². The third kappa shape index (κ3) is 6.45. The molecule has 0 heterocycles. The summed E-state index contributed by atoms with van der Waals surface area (Å²) in [4.78, 5) is 0. The zero-order valence-electron chi connectivity index (χ0n) is 15.6. The number of ether oxygens (including phenoxy) is 1. The van der Waals surface area contributed by atoms with Crippen molar-refractivity contribution >= 4 is 0 Å². The highest BCUT2D eigenvalue weighted by atomic mass is 19.1. The van der Waals surface area contributed by atoms with Crippen molar-refractivity contribution in [3.05, 3.63) is 30.3 Å². The Hall–Kier alpha value is -1.05. The van der Waals surface area contributed by atoms with Gasteiger partial charge in [-0.05, 0) is 49.1 Å². The number of alkyl halides is 1. The van der Waals surface area contributed by atoms with Crippen LogP contribution in [0.25, 0.3) is 0 Å². The van der Waals surface area contributed by atoms with E-state index >= 15 is 0 Å². The summed E-state index contributed by atoms with van der Waals surface area (Å²) in [5, 5.41) is 0. The van der Waals surface area contributed by atoms with Crippen LogP contribution in [-0.2, 0) is 0 Å². The summed E-state index contributed by atoms with van der Waals surface area (Å²) in [5.41, 5.74) is 0. The van der Waals surface area contributed by atoms with Crippen LogP contribution in [0.5, 0.6) is 5.75 Å². The molecule has 1 saturated carbocycles. The maximum absolute atomic E-state index is 14.5. The average molecular weight is 335 g/mol. The molecular formula is C22H35FO. The van der Waals surface area contributed by atoms with E-state index in [1.807, 2.05) is 30.3 Å². The molecule has 2 rings (SSSR count). The number of hydrogen-bond acceptors (Lipinski definition) is 1. The molecule has 136 valence electrons. The summed E-state index contributed by atoms with van der Waals surface area (Å²) >= 11 is 0. The Kier molecular flexibility index (Phi) is 8.63. The first-order valence-corrected chi connectivity index (χ1v) is 10.0. The van der Waals surface area contributed by atoms with Crippen LogP contribution in [0.2, 0.25) is 0 Å². The second-order valence-corrected chi connectivity index (χ2v) is 7.58. The molecule has 0 bridgehead atoms. The lowest BCUT2D eigenvalue weighted by atomic mass is 9.72. The van der Waals surface area contributed by atoms with Gasteiger partial charge < -0.3 is 4.74 Å². The van der Waals surface area contributed by atoms with Gasteiger partial charge in [-0.1, -0.05) is 70.6 Å². The SMILES string of the molecule is CCCC1CCC(C(CCC)CC(F)COc2ccccc2)CC1. The van der Waals surface area contributed by atoms with Gasteiger partial charge in [0.1, 0.15) is 18.5 Å². The lowest BCUT2D eigenvalue weighted by Gasteiger charge is -2.34. The van der Waals surface area contributed by atoms with Crippen LogP contribution < -0.4 is 4.74 Å². The Morgan fingerprint density at radius 2 is 1.75 bits per heavy atom. The van der Waals surface area contributed by atoms with Crippen LogP contribution >= 0.6 is 0 Å². The highest BCUT2D eigenvalue weighted by Crippen LogP contribution is 2.39. The number of rotatable bonds is 10. The fourth-order valence-corrected chi connectivity index (χ4v) is 4.37. The summed E-state index contributed by atoms with van der Waals surface area (Å²) in [6, 6.07) is 9.59. The second-order valence-electron chi connectivity index (χ2n) is 7.58. The lowest BCUT2D eigenvalue weighted by molar-refractivity contribution is 0.120. The predicted octanol–water partition coefficient (Wildman–Crippen LogP) is 6.82. The van der Waals surface area contributed by atoms with Crippen LogP contribution in [0.15, 0.2) is 30.3 Å². The first kappa shape index (κ1) is 19.3. The molecule has 0 spiro atoms. The molecule has 0 saturated heterocycles. The third-order valence-electron chi connectivity index (χ3n) is 5.65. The van der Waals surface area contributed by atoms with E-state index in [4.69, 9.17) is 4.74 Å². The molecule has 2 unspecified atom stereocenters. The topological polar surface area (TPSA) is 9.23 Å². The van der Waals surface area contributed by atoms with Gasteiger partial charge in [-0.25, -0.2) is 4.39 Å². The lowest BCUT2D eigenvalue weighted by Crippen LogP contribution is -2.26. The molecule has 1 fully saturated rings. The van der Waals surface area contributed by atoms with Crippen molar-refractivity contribution in [2.45, 2.75) is 77.8 Å². The van der Waals surface area contributed by atoms with E-state index in [-0.39, 0.29) is 6.61 Å². The van der Waals surface area contributed by atoms with Crippen LogP contribution in [-0.4, -0.2) is 12.8 Å². The van der Waals surface area contributed by atoms with E-state index in [9.17, 15) is 4.39 Å². The van der Waals surface area contributed by atoms with E-state index in [2.05, 4.69) is 13.8 Å². The van der Waals surface area contributed by atoms with Gasteiger partial charge in [-0.15, -0.1) is 0 Å². The molecule has 1 nitrogen and oxygen atoms in total. The van der Waals surface area contributed by atoms with Gasteiger partial charge >= 0.3 is 0 Å². The fraction of sp³-hybridized carbons (Fsp3) is 0.727. The maximum Gasteiger partial charge on any atom is 0.134 e. The van der Waals surface area contributed by atoms with Gasteiger partial charge in [-0.2, -0.15) is 0 Å². The molecule has 0 radical (unpaired) electrons. The van der Waals surface area contributed by atoms with Gasteiger partial charge in [0.25, 0.3) is 0 Å². The second kappa shape index (κ2) is 10.7. The van der Waals surface area contributed by atoms with E-state index in [0.717, 1.165) is 30.4 Å². The standard InChI is InChI=1S/C22H35FO/c1-3-8-18-12-14-19(15-13-18)20(9-4-2)16-21(23)17-24-22-10-6-5-7-11-22/h5-7,10-11,18-21H,3-4,8-9,12-17H2,1-2H3. The Labute approximate surface area is 148 Å². The minimum absolute atomic E-state index is 0.190. The zero-order valence-corrected chi connectivity index (χ0v) is 15.6. The van der Waals surface area contributed by atoms with Crippen molar-refractivity contribution in [2.24, 2.45) is 17.8 Å². The first-order chi connectivity index (χ1) is 11.7. The Bertz CT molecular complexity index is 425. The molecular weight excluding hydrogens is 299 g/mol. The number of hydrogen-bond donors (Lipinski definition) is 0. The van der Waals surface area contributed by atoms with Crippen molar-refractivity contribution in [3.8, 4) is 5.75 Å². The van der Waals surface area contributed by atoms with Gasteiger partial charge in [0.15, 0.2) is 0 Å². The predicted molar refractivity (Wildman–Crippen MR) is 100 cm³/mol. The Balaban J connectivity index is 1.77. The van der Waals surface area contributed by atoms with Gasteiger partial charge in [0.05, 0.1) is 0 Å². The minimum atomic E-state index is -0.852. The van der Waals surface area contributed by atoms with Crippen molar-refractivity contribution in [1.82, 2.24) is 0 Å². The van der Waals surface area contributed by atoms with Crippen LogP contribution in [0.1, 0.15) is 71.6 Å². The molecule has 0 aromatic heterocycles. The smallest absolute Gasteiger partial charge is 0.134 e. The molecule has 0 N–H and O–H groups in total. The number of para-hydroxylation sites is 1. The number of benzene rings is 1. The van der Waals surface area contributed by atoms with E-state index in [1.54, 1.807) is 0 Å². The molecule has 24 heavy (non-hydrogen) atoms. The van der Waals surface area contributed by atoms with E-state index in [0.29, 0.717) is 12.3 Å². The molecule has 1 aliphatic carbocycles. The monoisotopic (exact) mass is 334 g/mol. The quantitative estimate of drug-likeness (QED) is 0.456. The number of halogens is 1. The van der Waals surface area contributed by atoms with Crippen molar-refractivity contribution in [3.63, 3.8) is 0 Å². The Morgan fingerprint density at radius 3 is 2.38 bits per heavy atom. The van der Waals surface area contributed by atoms with Gasteiger partial charge in [-0.3, -0.25) is 0 Å². The molecule has 2 heteroatoms. The average Bonchev–Trinajstić information content (AvgIpc) is 2.61. The molecule has 0 aliphatic heterocycles. The van der Waals surface area contributed by atoms with Crippen molar-refractivity contribution in [1.29, 1.82) is 0 Å². The van der Waals surface area contributed by atoms with Gasteiger partial charge in [0.2, 0.25) is 0 Å². The zero-order chi connectivity index (χ0) is 17.2. The van der Waals surface area contributed by atoms with E-state index < -0.39 is 6.17 Å². The maximum atomic E-state index is 14.5. The highest BCUT2D eigenvalue weighted by molar-refractivity contribution is 5.20. The fourth-order valence-electron chi connectivity index (χ4n) is 4.37. The minimum Gasteiger partial charge on any atom is -0.491 e. The molecule has 1 aliphatic rings. The summed E-state index contributed by atoms with van der Waals surface area (Å²) in [6.07, 6.45) is 10.1. The molecule has 1 aromatic rings. The largest absolute Gasteiger partial charge is 0.491 e. The van der Waals surface area contributed by atoms with Crippen LogP contribution in [0, 0.1) is 17.8 Å². The van der Waals surface area contributed by atoms with Crippen molar-refractivity contribution < 1.29 is 9.13 Å². The van der Waals surface area contributed by atoms with Crippen molar-refractivity contribution in [2.75, 3.05) is 6.61 Å². The third-order valence-corrected chi connectivity index (χ3v) is 5.65. The summed E-state index contributed by atoms with van der Waals surface area (Å²) in [5.74, 6) is 2.96. The van der Waals surface area contributed by atoms with E-state index in [1.165, 1.54) is 38.5 Å². The van der Waals surface area contributed by atoms with Gasteiger partial charge in [0, 0.05) is 0 Å². The summed E-state index contributed by atoms with van der Waals surface area (Å²) in [6.45, 7) is 4.70. The van der Waals surface area contributed by atoms with Crippen LogP contribution in [0.3, 0.4) is 0 Å². The highest BCUT2D eigenvalue weighted by Gasteiger charge is 2.28.